The maximum Gasteiger partial charge on any atom is 0.274 e. The van der Waals surface area contributed by atoms with Gasteiger partial charge in [0.05, 0.1) is 11.0 Å². The fourth-order valence-corrected chi connectivity index (χ4v) is 1.87. The van der Waals surface area contributed by atoms with Gasteiger partial charge in [-0.2, -0.15) is 0 Å². The Morgan fingerprint density at radius 3 is 2.67 bits per heavy atom. The highest BCUT2D eigenvalue weighted by molar-refractivity contribution is 5.59. The van der Waals surface area contributed by atoms with E-state index >= 15 is 0 Å². The van der Waals surface area contributed by atoms with Gasteiger partial charge in [-0.15, -0.1) is 0 Å². The Hall–Kier alpha value is -1.62. The number of aliphatic hydroxyl groups excluding tert-OH is 1. The van der Waals surface area contributed by atoms with E-state index in [0.717, 1.165) is 0 Å². The molecule has 0 saturated carbocycles. The van der Waals surface area contributed by atoms with Crippen molar-refractivity contribution in [2.24, 2.45) is 5.92 Å². The molecular weight excluding hydrogens is 232 g/mol. The van der Waals surface area contributed by atoms with Gasteiger partial charge in [0, 0.05) is 23.9 Å². The number of hydrogen-bond donors (Lipinski definition) is 2. The molecule has 1 aromatic carbocycles. The van der Waals surface area contributed by atoms with Crippen LogP contribution < -0.4 is 5.32 Å². The molecule has 0 aliphatic rings. The number of nitrogens with one attached hydrogen (secondary N) is 1. The minimum atomic E-state index is -0.441. The van der Waals surface area contributed by atoms with Crippen molar-refractivity contribution < 1.29 is 10.0 Å². The van der Waals surface area contributed by atoms with E-state index in [2.05, 4.69) is 5.32 Å². The van der Waals surface area contributed by atoms with Crippen LogP contribution >= 0.6 is 0 Å². The Balaban J connectivity index is 2.68. The van der Waals surface area contributed by atoms with E-state index < -0.39 is 11.0 Å². The van der Waals surface area contributed by atoms with Crippen LogP contribution in [-0.4, -0.2) is 22.7 Å². The summed E-state index contributed by atoms with van der Waals surface area (Å²) in [6, 6.07) is 4.90. The van der Waals surface area contributed by atoms with E-state index in [-0.39, 0.29) is 5.69 Å². The zero-order chi connectivity index (χ0) is 13.7. The smallest absolute Gasteiger partial charge is 0.274 e. The molecule has 0 aromatic heterocycles. The van der Waals surface area contributed by atoms with Crippen LogP contribution in [0, 0.1) is 23.0 Å². The van der Waals surface area contributed by atoms with Gasteiger partial charge in [0.2, 0.25) is 0 Å². The number of nitro benzene ring substituents is 1. The van der Waals surface area contributed by atoms with Crippen molar-refractivity contribution in [1.29, 1.82) is 0 Å². The first-order valence-electron chi connectivity index (χ1n) is 6.07. The first-order valence-corrected chi connectivity index (χ1v) is 6.07. The lowest BCUT2D eigenvalue weighted by molar-refractivity contribution is -0.385. The fourth-order valence-electron chi connectivity index (χ4n) is 1.87. The summed E-state index contributed by atoms with van der Waals surface area (Å²) in [6.45, 7) is 6.19. The molecule has 0 fully saturated rings. The zero-order valence-corrected chi connectivity index (χ0v) is 11.0. The van der Waals surface area contributed by atoms with Gasteiger partial charge in [-0.3, -0.25) is 10.1 Å². The molecule has 0 heterocycles. The summed E-state index contributed by atoms with van der Waals surface area (Å²) in [5, 5.41) is 23.6. The molecule has 100 valence electrons. The van der Waals surface area contributed by atoms with Gasteiger partial charge in [-0.25, -0.2) is 0 Å². The van der Waals surface area contributed by atoms with Crippen molar-refractivity contribution >= 4 is 11.4 Å². The van der Waals surface area contributed by atoms with Crippen LogP contribution in [0.5, 0.6) is 0 Å². The molecule has 1 atom stereocenters. The van der Waals surface area contributed by atoms with Crippen molar-refractivity contribution in [2.75, 3.05) is 11.9 Å². The van der Waals surface area contributed by atoms with Crippen LogP contribution in [-0.2, 0) is 0 Å². The minimum Gasteiger partial charge on any atom is -0.391 e. The lowest BCUT2D eigenvalue weighted by atomic mass is 10.1. The van der Waals surface area contributed by atoms with E-state index in [4.69, 9.17) is 0 Å². The van der Waals surface area contributed by atoms with Gasteiger partial charge in [0.25, 0.3) is 5.69 Å². The fraction of sp³-hybridized carbons (Fsp3) is 0.538. The summed E-state index contributed by atoms with van der Waals surface area (Å²) >= 11 is 0. The first-order chi connectivity index (χ1) is 8.41. The maximum atomic E-state index is 10.8. The van der Waals surface area contributed by atoms with E-state index in [1.807, 2.05) is 13.8 Å². The molecule has 2 N–H and O–H groups in total. The summed E-state index contributed by atoms with van der Waals surface area (Å²) in [5.74, 6) is 0.424. The van der Waals surface area contributed by atoms with Gasteiger partial charge >= 0.3 is 0 Å². The minimum absolute atomic E-state index is 0.0957. The highest BCUT2D eigenvalue weighted by Gasteiger charge is 2.14. The largest absolute Gasteiger partial charge is 0.391 e. The molecule has 0 saturated heterocycles. The Kier molecular flexibility index (Phi) is 5.09. The number of hydrogen-bond acceptors (Lipinski definition) is 4. The molecule has 18 heavy (non-hydrogen) atoms. The summed E-state index contributed by atoms with van der Waals surface area (Å²) in [7, 11) is 0. The molecule has 0 radical (unpaired) electrons. The van der Waals surface area contributed by atoms with Crippen LogP contribution in [0.2, 0.25) is 0 Å². The third kappa shape index (κ3) is 4.00. The quantitative estimate of drug-likeness (QED) is 0.603. The monoisotopic (exact) mass is 252 g/mol. The van der Waals surface area contributed by atoms with Crippen molar-refractivity contribution in [3.63, 3.8) is 0 Å². The second kappa shape index (κ2) is 6.35. The number of nitro groups is 1. The highest BCUT2D eigenvalue weighted by Crippen LogP contribution is 2.25. The molecule has 0 spiro atoms. The predicted octanol–water partition coefficient (Wildman–Crippen LogP) is 2.72. The zero-order valence-electron chi connectivity index (χ0n) is 11.0. The molecule has 1 unspecified atom stereocenters. The van der Waals surface area contributed by atoms with E-state index in [1.165, 1.54) is 6.07 Å². The molecule has 0 bridgehead atoms. The van der Waals surface area contributed by atoms with E-state index in [0.29, 0.717) is 30.1 Å². The number of nitrogens with zero attached hydrogens (tertiary/aromatic N) is 1. The third-order valence-corrected chi connectivity index (χ3v) is 2.77. The number of aliphatic hydroxyl groups is 1. The second-order valence-electron chi connectivity index (χ2n) is 4.87. The molecule has 5 nitrogen and oxygen atoms in total. The van der Waals surface area contributed by atoms with Crippen LogP contribution in [0.1, 0.15) is 25.8 Å². The first kappa shape index (κ1) is 14.4. The Morgan fingerprint density at radius 1 is 1.44 bits per heavy atom. The van der Waals surface area contributed by atoms with Gasteiger partial charge in [0.15, 0.2) is 0 Å². The van der Waals surface area contributed by atoms with Crippen molar-refractivity contribution in [2.45, 2.75) is 33.3 Å². The van der Waals surface area contributed by atoms with Crippen LogP contribution in [0.15, 0.2) is 18.2 Å². The molecule has 0 aliphatic carbocycles. The number of rotatable bonds is 6. The summed E-state index contributed by atoms with van der Waals surface area (Å²) in [4.78, 5) is 10.4. The molecule has 0 amide bonds. The predicted molar refractivity (Wildman–Crippen MR) is 71.8 cm³/mol. The van der Waals surface area contributed by atoms with Crippen LogP contribution in [0.25, 0.3) is 0 Å². The van der Waals surface area contributed by atoms with Crippen molar-refractivity contribution in [1.82, 2.24) is 0 Å². The molecular formula is C13H20N2O3. The molecule has 0 aliphatic heterocycles. The summed E-state index contributed by atoms with van der Waals surface area (Å²) in [5.41, 5.74) is 1.39. The Labute approximate surface area is 107 Å². The maximum absolute atomic E-state index is 10.8. The standard InChI is InChI=1S/C13H20N2O3/c1-9(2)7-11(16)8-14-12-5-4-6-13(10(12)3)15(17)18/h4-6,9,11,14,16H,7-8H2,1-3H3. The lowest BCUT2D eigenvalue weighted by Crippen LogP contribution is -2.21. The SMILES string of the molecule is Cc1c(NCC(O)CC(C)C)cccc1[N+](=O)[O-]. The highest BCUT2D eigenvalue weighted by atomic mass is 16.6. The summed E-state index contributed by atoms with van der Waals surface area (Å²) in [6.07, 6.45) is 0.268. The Bertz CT molecular complexity index is 419. The number of benzene rings is 1. The average molecular weight is 252 g/mol. The Morgan fingerprint density at radius 2 is 2.11 bits per heavy atom. The number of anilines is 1. The third-order valence-electron chi connectivity index (χ3n) is 2.77. The van der Waals surface area contributed by atoms with Gasteiger partial charge in [-0.05, 0) is 25.3 Å². The van der Waals surface area contributed by atoms with Gasteiger partial charge in [0.1, 0.15) is 0 Å². The molecule has 1 rings (SSSR count). The summed E-state index contributed by atoms with van der Waals surface area (Å²) < 4.78 is 0. The second-order valence-corrected chi connectivity index (χ2v) is 4.87. The van der Waals surface area contributed by atoms with E-state index in [1.54, 1.807) is 19.1 Å². The van der Waals surface area contributed by atoms with E-state index in [9.17, 15) is 15.2 Å². The normalized spacial score (nSPS) is 12.5. The van der Waals surface area contributed by atoms with Crippen LogP contribution in [0.4, 0.5) is 11.4 Å². The average Bonchev–Trinajstić information content (AvgIpc) is 2.26. The van der Waals surface area contributed by atoms with Crippen LogP contribution in [0.3, 0.4) is 0 Å². The molecule has 1 aromatic rings. The van der Waals surface area contributed by atoms with Crippen molar-refractivity contribution in [3.05, 3.63) is 33.9 Å². The lowest BCUT2D eigenvalue weighted by Gasteiger charge is -2.15. The van der Waals surface area contributed by atoms with Gasteiger partial charge in [-0.1, -0.05) is 19.9 Å². The van der Waals surface area contributed by atoms with Gasteiger partial charge < -0.3 is 10.4 Å². The topological polar surface area (TPSA) is 75.4 Å². The molecule has 5 heteroatoms. The van der Waals surface area contributed by atoms with Crippen molar-refractivity contribution in [3.8, 4) is 0 Å².